The largest absolute Gasteiger partial charge is 0.370 e. The van der Waals surface area contributed by atoms with Crippen LogP contribution in [-0.4, -0.2) is 16.2 Å². The van der Waals surface area contributed by atoms with Crippen molar-refractivity contribution in [2.24, 2.45) is 0 Å². The molecule has 3 rings (SSSR count). The van der Waals surface area contributed by atoms with Crippen LogP contribution in [0.1, 0.15) is 83.1 Å². The summed E-state index contributed by atoms with van der Waals surface area (Å²) >= 11 is 0. The SMILES string of the molecule is CCCCCCCCCCn1c(C2CCCO2)nc2ccccc21. The molecular formula is C21H32N2O. The van der Waals surface area contributed by atoms with Gasteiger partial charge in [0.1, 0.15) is 11.9 Å². The number of aryl methyl sites for hydroxylation is 1. The van der Waals surface area contributed by atoms with Crippen LogP contribution in [0.5, 0.6) is 0 Å². The molecular weight excluding hydrogens is 296 g/mol. The summed E-state index contributed by atoms with van der Waals surface area (Å²) in [5.74, 6) is 1.15. The van der Waals surface area contributed by atoms with E-state index in [-0.39, 0.29) is 6.10 Å². The number of unbranched alkanes of at least 4 members (excludes halogenated alkanes) is 7. The Kier molecular flexibility index (Phi) is 6.71. The first-order chi connectivity index (χ1) is 11.9. The molecule has 0 bridgehead atoms. The van der Waals surface area contributed by atoms with Gasteiger partial charge < -0.3 is 9.30 Å². The van der Waals surface area contributed by atoms with Gasteiger partial charge in [0.05, 0.1) is 11.0 Å². The Morgan fingerprint density at radius 1 is 1.04 bits per heavy atom. The maximum atomic E-state index is 5.91. The molecule has 1 saturated heterocycles. The Labute approximate surface area is 146 Å². The third-order valence-corrected chi connectivity index (χ3v) is 5.14. The van der Waals surface area contributed by atoms with Crippen LogP contribution in [0, 0.1) is 0 Å². The molecule has 24 heavy (non-hydrogen) atoms. The van der Waals surface area contributed by atoms with Gasteiger partial charge in [0.25, 0.3) is 0 Å². The number of imidazole rings is 1. The molecule has 0 spiro atoms. The third kappa shape index (κ3) is 4.38. The Hall–Kier alpha value is -1.35. The number of hydrogen-bond donors (Lipinski definition) is 0. The summed E-state index contributed by atoms with van der Waals surface area (Å²) in [5, 5.41) is 0. The highest BCUT2D eigenvalue weighted by Gasteiger charge is 2.24. The van der Waals surface area contributed by atoms with Gasteiger partial charge in [-0.25, -0.2) is 4.98 Å². The van der Waals surface area contributed by atoms with E-state index < -0.39 is 0 Å². The minimum Gasteiger partial charge on any atom is -0.370 e. The molecule has 3 heteroatoms. The van der Waals surface area contributed by atoms with Gasteiger partial charge >= 0.3 is 0 Å². The summed E-state index contributed by atoms with van der Waals surface area (Å²) in [7, 11) is 0. The van der Waals surface area contributed by atoms with Crippen LogP contribution < -0.4 is 0 Å². The zero-order chi connectivity index (χ0) is 16.6. The lowest BCUT2D eigenvalue weighted by molar-refractivity contribution is 0.102. The predicted octanol–water partition coefficient (Wildman–Crippen LogP) is 6.03. The van der Waals surface area contributed by atoms with Gasteiger partial charge in [0, 0.05) is 13.2 Å². The van der Waals surface area contributed by atoms with E-state index in [1.807, 2.05) is 0 Å². The van der Waals surface area contributed by atoms with Crippen LogP contribution in [0.25, 0.3) is 11.0 Å². The van der Waals surface area contributed by atoms with Crippen molar-refractivity contribution in [3.63, 3.8) is 0 Å². The van der Waals surface area contributed by atoms with Gasteiger partial charge in [-0.1, -0.05) is 64.0 Å². The first-order valence-corrected chi connectivity index (χ1v) is 9.97. The minimum atomic E-state index is 0.200. The Bertz CT molecular complexity index is 613. The fourth-order valence-corrected chi connectivity index (χ4v) is 3.76. The number of fused-ring (bicyclic) bond motifs is 1. The van der Waals surface area contributed by atoms with Gasteiger partial charge in [-0.2, -0.15) is 0 Å². The summed E-state index contributed by atoms with van der Waals surface area (Å²) < 4.78 is 8.33. The Balaban J connectivity index is 1.56. The maximum absolute atomic E-state index is 5.91. The van der Waals surface area contributed by atoms with E-state index in [4.69, 9.17) is 9.72 Å². The van der Waals surface area contributed by atoms with Crippen LogP contribution in [-0.2, 0) is 11.3 Å². The van der Waals surface area contributed by atoms with Crippen LogP contribution in [0.2, 0.25) is 0 Å². The summed E-state index contributed by atoms with van der Waals surface area (Å²) in [6.45, 7) is 4.23. The van der Waals surface area contributed by atoms with Crippen molar-refractivity contribution < 1.29 is 4.74 Å². The summed E-state index contributed by atoms with van der Waals surface area (Å²) in [6.07, 6.45) is 13.3. The Morgan fingerprint density at radius 3 is 2.54 bits per heavy atom. The van der Waals surface area contributed by atoms with Gasteiger partial charge in [-0.05, 0) is 31.4 Å². The van der Waals surface area contributed by atoms with E-state index in [0.29, 0.717) is 0 Å². The normalized spacial score (nSPS) is 17.8. The lowest BCUT2D eigenvalue weighted by Crippen LogP contribution is -2.09. The molecule has 1 unspecified atom stereocenters. The summed E-state index contributed by atoms with van der Waals surface area (Å²) in [4.78, 5) is 4.88. The van der Waals surface area contributed by atoms with Crippen molar-refractivity contribution in [3.8, 4) is 0 Å². The molecule has 2 aromatic rings. The van der Waals surface area contributed by atoms with Gasteiger partial charge in [0.15, 0.2) is 0 Å². The number of para-hydroxylation sites is 2. The second-order valence-electron chi connectivity index (χ2n) is 7.09. The number of hydrogen-bond acceptors (Lipinski definition) is 2. The molecule has 1 aromatic carbocycles. The molecule has 132 valence electrons. The molecule has 1 atom stereocenters. The molecule has 0 aliphatic carbocycles. The Morgan fingerprint density at radius 2 is 1.79 bits per heavy atom. The molecule has 1 aliphatic rings. The standard InChI is InChI=1S/C21H32N2O/c1-2-3-4-5-6-7-8-11-16-23-19-14-10-9-13-18(19)22-21(23)20-15-12-17-24-20/h9-10,13-14,20H,2-8,11-12,15-17H2,1H3. The summed E-state index contributed by atoms with van der Waals surface area (Å²) in [6, 6.07) is 8.52. The van der Waals surface area contributed by atoms with E-state index in [0.717, 1.165) is 37.3 Å². The van der Waals surface area contributed by atoms with E-state index in [1.165, 1.54) is 56.9 Å². The lowest BCUT2D eigenvalue weighted by atomic mass is 10.1. The molecule has 2 heterocycles. The van der Waals surface area contributed by atoms with Gasteiger partial charge in [0.2, 0.25) is 0 Å². The van der Waals surface area contributed by atoms with Crippen molar-refractivity contribution >= 4 is 11.0 Å². The molecule has 1 aromatic heterocycles. The second-order valence-corrected chi connectivity index (χ2v) is 7.09. The van der Waals surface area contributed by atoms with Gasteiger partial charge in [-0.15, -0.1) is 0 Å². The summed E-state index contributed by atoms with van der Waals surface area (Å²) in [5.41, 5.74) is 2.38. The molecule has 1 aliphatic heterocycles. The topological polar surface area (TPSA) is 27.1 Å². The first kappa shape index (κ1) is 17.5. The minimum absolute atomic E-state index is 0.200. The molecule has 0 amide bonds. The van der Waals surface area contributed by atoms with E-state index in [9.17, 15) is 0 Å². The number of benzene rings is 1. The predicted molar refractivity (Wildman–Crippen MR) is 100 cm³/mol. The number of aromatic nitrogens is 2. The molecule has 0 saturated carbocycles. The molecule has 0 radical (unpaired) electrons. The van der Waals surface area contributed by atoms with Crippen LogP contribution in [0.3, 0.4) is 0 Å². The second kappa shape index (κ2) is 9.22. The van der Waals surface area contributed by atoms with Crippen molar-refractivity contribution in [1.82, 2.24) is 9.55 Å². The molecule has 0 N–H and O–H groups in total. The number of ether oxygens (including phenoxy) is 1. The zero-order valence-corrected chi connectivity index (χ0v) is 15.2. The monoisotopic (exact) mass is 328 g/mol. The molecule has 1 fully saturated rings. The fraction of sp³-hybridized carbons (Fsp3) is 0.667. The van der Waals surface area contributed by atoms with Crippen molar-refractivity contribution in [2.45, 2.75) is 83.8 Å². The quantitative estimate of drug-likeness (QED) is 0.498. The van der Waals surface area contributed by atoms with Crippen LogP contribution in [0.15, 0.2) is 24.3 Å². The zero-order valence-electron chi connectivity index (χ0n) is 15.2. The lowest BCUT2D eigenvalue weighted by Gasteiger charge is -2.13. The van der Waals surface area contributed by atoms with Crippen LogP contribution in [0.4, 0.5) is 0 Å². The average Bonchev–Trinajstić information content (AvgIpc) is 3.25. The smallest absolute Gasteiger partial charge is 0.139 e. The van der Waals surface area contributed by atoms with E-state index in [2.05, 4.69) is 35.8 Å². The highest BCUT2D eigenvalue weighted by molar-refractivity contribution is 5.76. The van der Waals surface area contributed by atoms with Crippen LogP contribution >= 0.6 is 0 Å². The number of nitrogens with zero attached hydrogens (tertiary/aromatic N) is 2. The third-order valence-electron chi connectivity index (χ3n) is 5.14. The average molecular weight is 328 g/mol. The highest BCUT2D eigenvalue weighted by atomic mass is 16.5. The highest BCUT2D eigenvalue weighted by Crippen LogP contribution is 2.30. The van der Waals surface area contributed by atoms with Crippen molar-refractivity contribution in [3.05, 3.63) is 30.1 Å². The van der Waals surface area contributed by atoms with Gasteiger partial charge in [-0.3, -0.25) is 0 Å². The van der Waals surface area contributed by atoms with E-state index >= 15 is 0 Å². The fourth-order valence-electron chi connectivity index (χ4n) is 3.76. The molecule has 3 nitrogen and oxygen atoms in total. The van der Waals surface area contributed by atoms with Crippen molar-refractivity contribution in [2.75, 3.05) is 6.61 Å². The van der Waals surface area contributed by atoms with E-state index in [1.54, 1.807) is 0 Å². The first-order valence-electron chi connectivity index (χ1n) is 9.97. The van der Waals surface area contributed by atoms with Crippen molar-refractivity contribution in [1.29, 1.82) is 0 Å². The number of rotatable bonds is 10. The maximum Gasteiger partial charge on any atom is 0.139 e.